The fourth-order valence-corrected chi connectivity index (χ4v) is 2.30. The van der Waals surface area contributed by atoms with Crippen molar-refractivity contribution in [1.82, 2.24) is 5.32 Å². The average Bonchev–Trinajstić information content (AvgIpc) is 2.32. The summed E-state index contributed by atoms with van der Waals surface area (Å²) < 4.78 is 26.2. The molecule has 0 aliphatic heterocycles. The molecule has 0 saturated carbocycles. The standard InChI is InChI=1S/C15H23F2N/c1-5-8-18-15(10(2)3)11(4)12-6-7-13(16)14(17)9-12/h6-7,9-11,15,18H,5,8H2,1-4H3. The number of hydrogen-bond donors (Lipinski definition) is 1. The quantitative estimate of drug-likeness (QED) is 0.807. The van der Waals surface area contributed by atoms with E-state index in [9.17, 15) is 8.78 Å². The fourth-order valence-electron chi connectivity index (χ4n) is 2.30. The van der Waals surface area contributed by atoms with Gasteiger partial charge in [-0.2, -0.15) is 0 Å². The van der Waals surface area contributed by atoms with E-state index in [-0.39, 0.29) is 12.0 Å². The normalized spacial score (nSPS) is 14.8. The minimum Gasteiger partial charge on any atom is -0.313 e. The number of hydrogen-bond acceptors (Lipinski definition) is 1. The van der Waals surface area contributed by atoms with Crippen molar-refractivity contribution < 1.29 is 8.78 Å². The Morgan fingerprint density at radius 2 is 1.78 bits per heavy atom. The van der Waals surface area contributed by atoms with Crippen LogP contribution < -0.4 is 5.32 Å². The third-order valence-electron chi connectivity index (χ3n) is 3.36. The summed E-state index contributed by atoms with van der Waals surface area (Å²) in [6.45, 7) is 9.40. The summed E-state index contributed by atoms with van der Waals surface area (Å²) in [4.78, 5) is 0. The van der Waals surface area contributed by atoms with Crippen molar-refractivity contribution in [3.63, 3.8) is 0 Å². The van der Waals surface area contributed by atoms with Crippen molar-refractivity contribution >= 4 is 0 Å². The highest BCUT2D eigenvalue weighted by molar-refractivity contribution is 5.23. The first-order chi connectivity index (χ1) is 8.47. The minimum absolute atomic E-state index is 0.159. The first-order valence-electron chi connectivity index (χ1n) is 6.65. The van der Waals surface area contributed by atoms with E-state index >= 15 is 0 Å². The van der Waals surface area contributed by atoms with Gasteiger partial charge in [0, 0.05) is 6.04 Å². The van der Waals surface area contributed by atoms with Crippen LogP contribution in [0.5, 0.6) is 0 Å². The van der Waals surface area contributed by atoms with Gasteiger partial charge >= 0.3 is 0 Å². The van der Waals surface area contributed by atoms with Gasteiger partial charge in [0.05, 0.1) is 0 Å². The van der Waals surface area contributed by atoms with Crippen LogP contribution in [-0.4, -0.2) is 12.6 Å². The average molecular weight is 255 g/mol. The molecule has 1 N–H and O–H groups in total. The van der Waals surface area contributed by atoms with E-state index in [2.05, 4.69) is 33.0 Å². The van der Waals surface area contributed by atoms with Crippen LogP contribution in [0.25, 0.3) is 0 Å². The van der Waals surface area contributed by atoms with Gasteiger partial charge in [-0.3, -0.25) is 0 Å². The Morgan fingerprint density at radius 1 is 1.11 bits per heavy atom. The molecule has 0 saturated heterocycles. The van der Waals surface area contributed by atoms with Crippen LogP contribution in [0, 0.1) is 17.6 Å². The largest absolute Gasteiger partial charge is 0.313 e. The van der Waals surface area contributed by atoms with Crippen molar-refractivity contribution in [2.45, 2.75) is 46.1 Å². The third-order valence-corrected chi connectivity index (χ3v) is 3.36. The molecule has 102 valence electrons. The van der Waals surface area contributed by atoms with Gasteiger partial charge in [0.1, 0.15) is 0 Å². The Hall–Kier alpha value is -0.960. The maximum atomic E-state index is 13.3. The molecule has 0 aromatic heterocycles. The molecular weight excluding hydrogens is 232 g/mol. The van der Waals surface area contributed by atoms with E-state index in [4.69, 9.17) is 0 Å². The van der Waals surface area contributed by atoms with Crippen molar-refractivity contribution in [3.8, 4) is 0 Å². The summed E-state index contributed by atoms with van der Waals surface area (Å²) in [6.07, 6.45) is 1.06. The molecule has 0 aliphatic rings. The zero-order valence-corrected chi connectivity index (χ0v) is 11.6. The first kappa shape index (κ1) is 15.1. The monoisotopic (exact) mass is 255 g/mol. The topological polar surface area (TPSA) is 12.0 Å². The molecule has 0 fully saturated rings. The van der Waals surface area contributed by atoms with Crippen LogP contribution in [-0.2, 0) is 0 Å². The Morgan fingerprint density at radius 3 is 2.28 bits per heavy atom. The molecule has 0 aliphatic carbocycles. The second-order valence-corrected chi connectivity index (χ2v) is 5.19. The first-order valence-corrected chi connectivity index (χ1v) is 6.65. The molecule has 0 heterocycles. The molecule has 3 heteroatoms. The SMILES string of the molecule is CCCNC(C(C)C)C(C)c1ccc(F)c(F)c1. The molecule has 1 aromatic carbocycles. The van der Waals surface area contributed by atoms with Crippen LogP contribution in [0.3, 0.4) is 0 Å². The van der Waals surface area contributed by atoms with Crippen LogP contribution >= 0.6 is 0 Å². The van der Waals surface area contributed by atoms with Crippen LogP contribution in [0.4, 0.5) is 8.78 Å². The lowest BCUT2D eigenvalue weighted by molar-refractivity contribution is 0.353. The van der Waals surface area contributed by atoms with Crippen LogP contribution in [0.2, 0.25) is 0 Å². The highest BCUT2D eigenvalue weighted by Crippen LogP contribution is 2.25. The second kappa shape index (κ2) is 6.83. The minimum atomic E-state index is -0.784. The van der Waals surface area contributed by atoms with E-state index in [1.165, 1.54) is 12.1 Å². The zero-order chi connectivity index (χ0) is 13.7. The summed E-state index contributed by atoms with van der Waals surface area (Å²) in [5.74, 6) is -0.947. The number of nitrogens with one attached hydrogen (secondary N) is 1. The second-order valence-electron chi connectivity index (χ2n) is 5.19. The molecule has 0 spiro atoms. The van der Waals surface area contributed by atoms with E-state index < -0.39 is 11.6 Å². The summed E-state index contributed by atoms with van der Waals surface area (Å²) in [7, 11) is 0. The molecule has 0 bridgehead atoms. The molecular formula is C15H23F2N. The molecule has 1 aromatic rings. The van der Waals surface area contributed by atoms with E-state index in [0.29, 0.717) is 5.92 Å². The van der Waals surface area contributed by atoms with Gasteiger partial charge in [-0.15, -0.1) is 0 Å². The molecule has 2 unspecified atom stereocenters. The van der Waals surface area contributed by atoms with E-state index in [0.717, 1.165) is 18.5 Å². The van der Waals surface area contributed by atoms with Crippen molar-refractivity contribution in [3.05, 3.63) is 35.4 Å². The van der Waals surface area contributed by atoms with Crippen molar-refractivity contribution in [2.24, 2.45) is 5.92 Å². The molecule has 0 amide bonds. The molecule has 18 heavy (non-hydrogen) atoms. The van der Waals surface area contributed by atoms with Gasteiger partial charge in [0.2, 0.25) is 0 Å². The zero-order valence-electron chi connectivity index (χ0n) is 11.6. The number of benzene rings is 1. The van der Waals surface area contributed by atoms with Gasteiger partial charge in [-0.25, -0.2) is 8.78 Å². The van der Waals surface area contributed by atoms with Crippen LogP contribution in [0.1, 0.15) is 45.6 Å². The highest BCUT2D eigenvalue weighted by atomic mass is 19.2. The smallest absolute Gasteiger partial charge is 0.159 e. The maximum Gasteiger partial charge on any atom is 0.159 e. The number of rotatable bonds is 6. The van der Waals surface area contributed by atoms with Gasteiger partial charge in [-0.05, 0) is 42.5 Å². The molecule has 2 atom stereocenters. The Labute approximate surface area is 109 Å². The van der Waals surface area contributed by atoms with Gasteiger partial charge in [0.15, 0.2) is 11.6 Å². The molecule has 0 radical (unpaired) electrons. The fraction of sp³-hybridized carbons (Fsp3) is 0.600. The Bertz CT molecular complexity index is 377. The summed E-state index contributed by atoms with van der Waals surface area (Å²) in [5, 5.41) is 3.48. The predicted octanol–water partition coefficient (Wildman–Crippen LogP) is 4.09. The lowest BCUT2D eigenvalue weighted by Crippen LogP contribution is -2.38. The van der Waals surface area contributed by atoms with Gasteiger partial charge in [-0.1, -0.05) is 33.8 Å². The Balaban J connectivity index is 2.87. The van der Waals surface area contributed by atoms with Crippen molar-refractivity contribution in [1.29, 1.82) is 0 Å². The van der Waals surface area contributed by atoms with Crippen LogP contribution in [0.15, 0.2) is 18.2 Å². The lowest BCUT2D eigenvalue weighted by atomic mass is 9.86. The summed E-state index contributed by atoms with van der Waals surface area (Å²) in [6, 6.07) is 4.46. The maximum absolute atomic E-state index is 13.3. The van der Waals surface area contributed by atoms with Gasteiger partial charge < -0.3 is 5.32 Å². The van der Waals surface area contributed by atoms with Gasteiger partial charge in [0.25, 0.3) is 0 Å². The molecule has 1 rings (SSSR count). The van der Waals surface area contributed by atoms with E-state index in [1.807, 2.05) is 0 Å². The predicted molar refractivity (Wildman–Crippen MR) is 71.7 cm³/mol. The third kappa shape index (κ3) is 3.77. The van der Waals surface area contributed by atoms with Crippen molar-refractivity contribution in [2.75, 3.05) is 6.54 Å². The van der Waals surface area contributed by atoms with E-state index in [1.54, 1.807) is 6.07 Å². The summed E-state index contributed by atoms with van der Waals surface area (Å²) in [5.41, 5.74) is 0.844. The number of halogens is 2. The highest BCUT2D eigenvalue weighted by Gasteiger charge is 2.22. The summed E-state index contributed by atoms with van der Waals surface area (Å²) >= 11 is 0. The Kier molecular flexibility index (Phi) is 5.73. The lowest BCUT2D eigenvalue weighted by Gasteiger charge is -2.29. The molecule has 1 nitrogen and oxygen atoms in total.